The van der Waals surface area contributed by atoms with Gasteiger partial charge in [0.1, 0.15) is 22.4 Å². The summed E-state index contributed by atoms with van der Waals surface area (Å²) in [5, 5.41) is 14.0. The fourth-order valence-corrected chi connectivity index (χ4v) is 3.59. The van der Waals surface area contributed by atoms with Crippen LogP contribution in [0.3, 0.4) is 0 Å². The van der Waals surface area contributed by atoms with Gasteiger partial charge in [-0.2, -0.15) is 0 Å². The van der Waals surface area contributed by atoms with Gasteiger partial charge in [-0.25, -0.2) is 4.79 Å². The van der Waals surface area contributed by atoms with Gasteiger partial charge in [0.05, 0.1) is 20.0 Å². The van der Waals surface area contributed by atoms with Crippen molar-refractivity contribution < 1.29 is 23.7 Å². The number of non-ortho nitro benzene ring substituents is 1. The van der Waals surface area contributed by atoms with Crippen LogP contribution in [-0.2, 0) is 11.4 Å². The predicted octanol–water partition coefficient (Wildman–Crippen LogP) is 6.51. The highest BCUT2D eigenvalue weighted by Gasteiger charge is 2.21. The quantitative estimate of drug-likeness (QED) is 0.0671. The Balaban J connectivity index is 1.65. The molecule has 3 rings (SSSR count). The number of hydrogen-bond donors (Lipinski definition) is 1. The second-order valence-corrected chi connectivity index (χ2v) is 8.00. The highest BCUT2D eigenvalue weighted by molar-refractivity contribution is 6.55. The van der Waals surface area contributed by atoms with E-state index in [1.807, 2.05) is 0 Å². The number of carbonyl (C=O) groups is 1. The summed E-state index contributed by atoms with van der Waals surface area (Å²) in [5.41, 5.74) is 5.91. The number of amidine groups is 1. The maximum absolute atomic E-state index is 12.1. The third kappa shape index (κ3) is 5.63. The fraction of sp³-hybridized carbons (Fsp3) is 0.0526. The molecule has 0 aliphatic carbocycles. The van der Waals surface area contributed by atoms with Gasteiger partial charge >= 0.3 is 5.97 Å². The van der Waals surface area contributed by atoms with Crippen LogP contribution >= 0.6 is 58.0 Å². The van der Waals surface area contributed by atoms with Crippen molar-refractivity contribution in [2.75, 3.05) is 0 Å². The molecule has 0 atom stereocenters. The molecule has 3 aromatic rings. The average molecular weight is 554 g/mol. The van der Waals surface area contributed by atoms with Gasteiger partial charge in [-0.15, -0.1) is 0 Å². The number of nitro groups is 1. The van der Waals surface area contributed by atoms with Gasteiger partial charge in [0.2, 0.25) is 5.76 Å². The molecule has 2 aromatic carbocycles. The number of benzene rings is 2. The summed E-state index contributed by atoms with van der Waals surface area (Å²) in [5.74, 6) is -1.12. The number of furan rings is 1. The van der Waals surface area contributed by atoms with E-state index in [1.54, 1.807) is 0 Å². The summed E-state index contributed by atoms with van der Waals surface area (Å²) in [7, 11) is 0. The van der Waals surface area contributed by atoms with E-state index < -0.39 is 10.9 Å². The van der Waals surface area contributed by atoms with Gasteiger partial charge in [0, 0.05) is 17.7 Å². The predicted molar refractivity (Wildman–Crippen MR) is 124 cm³/mol. The lowest BCUT2D eigenvalue weighted by molar-refractivity contribution is -0.384. The largest absolute Gasteiger partial charge is 0.482 e. The molecule has 9 nitrogen and oxygen atoms in total. The third-order valence-corrected chi connectivity index (χ3v) is 6.23. The van der Waals surface area contributed by atoms with E-state index in [0.717, 1.165) is 0 Å². The van der Waals surface area contributed by atoms with Crippen LogP contribution in [0.2, 0.25) is 25.1 Å². The summed E-state index contributed by atoms with van der Waals surface area (Å²) < 4.78 is 10.9. The first-order valence-electron chi connectivity index (χ1n) is 8.62. The second kappa shape index (κ2) is 10.5. The number of rotatable bonds is 7. The first-order valence-corrected chi connectivity index (χ1v) is 10.5. The smallest absolute Gasteiger partial charge is 0.400 e. The average Bonchev–Trinajstić information content (AvgIpc) is 3.29. The second-order valence-electron chi connectivity index (χ2n) is 6.11. The summed E-state index contributed by atoms with van der Waals surface area (Å²) in [4.78, 5) is 27.0. The lowest BCUT2D eigenvalue weighted by Crippen LogP contribution is -2.15. The normalized spacial score (nSPS) is 11.4. The molecule has 0 unspecified atom stereocenters. The molecule has 0 bridgehead atoms. The van der Waals surface area contributed by atoms with E-state index >= 15 is 0 Å². The highest BCUT2D eigenvalue weighted by atomic mass is 35.5. The molecule has 0 aliphatic heterocycles. The Kier molecular flexibility index (Phi) is 7.93. The van der Waals surface area contributed by atoms with Crippen molar-refractivity contribution in [3.05, 3.63) is 88.7 Å². The molecular formula is C19H10Cl5N3O6. The summed E-state index contributed by atoms with van der Waals surface area (Å²) in [6.45, 7) is -0.185. The Hall–Kier alpha value is -2.69. The van der Waals surface area contributed by atoms with Crippen LogP contribution in [0.5, 0.6) is 5.75 Å². The van der Waals surface area contributed by atoms with Crippen molar-refractivity contribution in [3.63, 3.8) is 0 Å². The Morgan fingerprint density at radius 2 is 1.55 bits per heavy atom. The molecule has 2 N–H and O–H groups in total. The van der Waals surface area contributed by atoms with Crippen molar-refractivity contribution in [2.45, 2.75) is 6.61 Å². The van der Waals surface area contributed by atoms with Crippen LogP contribution in [0.1, 0.15) is 21.9 Å². The monoisotopic (exact) mass is 551 g/mol. The molecule has 0 spiro atoms. The zero-order valence-electron chi connectivity index (χ0n) is 16.0. The zero-order valence-corrected chi connectivity index (χ0v) is 19.8. The Morgan fingerprint density at radius 1 is 0.970 bits per heavy atom. The van der Waals surface area contributed by atoms with Crippen molar-refractivity contribution in [1.29, 1.82) is 0 Å². The van der Waals surface area contributed by atoms with Crippen LogP contribution in [0.15, 0.2) is 46.0 Å². The minimum Gasteiger partial charge on any atom is -0.482 e. The Morgan fingerprint density at radius 3 is 2.12 bits per heavy atom. The zero-order chi connectivity index (χ0) is 24.3. The number of oxime groups is 1. The maximum atomic E-state index is 12.1. The third-order valence-electron chi connectivity index (χ3n) is 3.99. The van der Waals surface area contributed by atoms with Crippen LogP contribution in [0.4, 0.5) is 5.69 Å². The molecule has 0 amide bonds. The lowest BCUT2D eigenvalue weighted by Gasteiger charge is -2.12. The maximum Gasteiger partial charge on any atom is 0.400 e. The highest BCUT2D eigenvalue weighted by Crippen LogP contribution is 2.48. The number of carbonyl (C=O) groups excluding carboxylic acids is 1. The van der Waals surface area contributed by atoms with Crippen LogP contribution in [0, 0.1) is 10.1 Å². The number of hydrogen-bond acceptors (Lipinski definition) is 7. The number of nitrogens with zero attached hydrogens (tertiary/aromatic N) is 2. The van der Waals surface area contributed by atoms with E-state index in [1.165, 1.54) is 36.4 Å². The van der Waals surface area contributed by atoms with E-state index in [4.69, 9.17) is 77.7 Å². The number of ether oxygens (including phenoxy) is 1. The van der Waals surface area contributed by atoms with Crippen LogP contribution in [-0.4, -0.2) is 16.7 Å². The molecule has 14 heteroatoms. The van der Waals surface area contributed by atoms with E-state index in [0.29, 0.717) is 5.56 Å². The van der Waals surface area contributed by atoms with Crippen molar-refractivity contribution in [2.24, 2.45) is 10.9 Å². The van der Waals surface area contributed by atoms with Crippen molar-refractivity contribution in [1.82, 2.24) is 0 Å². The summed E-state index contributed by atoms with van der Waals surface area (Å²) in [6.07, 6.45) is 0. The van der Waals surface area contributed by atoms with Crippen LogP contribution in [0.25, 0.3) is 0 Å². The minimum atomic E-state index is -0.945. The first-order chi connectivity index (χ1) is 15.6. The molecule has 0 saturated heterocycles. The molecule has 1 aromatic heterocycles. The van der Waals surface area contributed by atoms with Gasteiger partial charge in [0.25, 0.3) is 5.69 Å². The standard InChI is InChI=1S/C19H10Cl5N3O6/c20-12-13(21)15(23)17(16(24)14(12)22)31-7-10-5-6-11(32-10)19(28)33-26-18(25)8-1-3-9(4-2-8)27(29)30/h1-6H,7H2,(H2,25,26). The van der Waals surface area contributed by atoms with E-state index in [9.17, 15) is 14.9 Å². The van der Waals surface area contributed by atoms with Gasteiger partial charge in [0.15, 0.2) is 11.6 Å². The molecule has 1 heterocycles. The Labute approximate surface area is 210 Å². The SMILES string of the molecule is N/C(=N\OC(=O)c1ccc(COc2c(Cl)c(Cl)c(Cl)c(Cl)c2Cl)o1)c1ccc([N+](=O)[O-])cc1. The number of nitrogens with two attached hydrogens (primary N) is 1. The number of nitro benzene ring substituents is 1. The molecule has 172 valence electrons. The van der Waals surface area contributed by atoms with E-state index in [2.05, 4.69) is 5.16 Å². The molecule has 33 heavy (non-hydrogen) atoms. The lowest BCUT2D eigenvalue weighted by atomic mass is 10.2. The first kappa shape index (κ1) is 24.9. The molecule has 0 fully saturated rings. The molecular weight excluding hydrogens is 543 g/mol. The van der Waals surface area contributed by atoms with Gasteiger partial charge < -0.3 is 19.7 Å². The Bertz CT molecular complexity index is 1230. The summed E-state index contributed by atoms with van der Waals surface area (Å²) >= 11 is 30.1. The summed E-state index contributed by atoms with van der Waals surface area (Å²) in [6, 6.07) is 7.96. The van der Waals surface area contributed by atoms with Gasteiger partial charge in [-0.1, -0.05) is 63.2 Å². The van der Waals surface area contributed by atoms with Crippen molar-refractivity contribution in [3.8, 4) is 5.75 Å². The van der Waals surface area contributed by atoms with Gasteiger partial charge in [-0.05, 0) is 24.3 Å². The number of halogens is 5. The molecule has 0 aliphatic rings. The van der Waals surface area contributed by atoms with E-state index in [-0.39, 0.29) is 60.5 Å². The van der Waals surface area contributed by atoms with Crippen molar-refractivity contribution >= 4 is 75.5 Å². The molecule has 0 radical (unpaired) electrons. The fourth-order valence-electron chi connectivity index (χ4n) is 2.36. The van der Waals surface area contributed by atoms with Gasteiger partial charge in [-0.3, -0.25) is 10.1 Å². The topological polar surface area (TPSA) is 130 Å². The van der Waals surface area contributed by atoms with Crippen LogP contribution < -0.4 is 10.5 Å². The minimum absolute atomic E-state index is 0.0151. The molecule has 0 saturated carbocycles.